The Morgan fingerprint density at radius 1 is 1.45 bits per heavy atom. The molecule has 2 atom stereocenters. The molecule has 0 spiro atoms. The second kappa shape index (κ2) is 3.05. The van der Waals surface area contributed by atoms with Crippen molar-refractivity contribution in [1.82, 2.24) is 0 Å². The number of rotatable bonds is 1. The molecule has 0 aliphatic heterocycles. The molecular formula is C8H14F2O. The molecule has 3 heteroatoms. The van der Waals surface area contributed by atoms with Crippen LogP contribution in [-0.2, 0) is 0 Å². The van der Waals surface area contributed by atoms with Gasteiger partial charge in [-0.1, -0.05) is 6.92 Å². The Morgan fingerprint density at radius 3 is 2.55 bits per heavy atom. The maximum Gasteiger partial charge on any atom is 0.251 e. The van der Waals surface area contributed by atoms with E-state index in [1.165, 1.54) is 0 Å². The molecule has 1 aliphatic carbocycles. The van der Waals surface area contributed by atoms with Crippen LogP contribution in [0.3, 0.4) is 0 Å². The third-order valence-electron chi connectivity index (χ3n) is 2.55. The summed E-state index contributed by atoms with van der Waals surface area (Å²) in [7, 11) is 0. The van der Waals surface area contributed by atoms with Crippen molar-refractivity contribution in [3.63, 3.8) is 0 Å². The summed E-state index contributed by atoms with van der Waals surface area (Å²) in [6.45, 7) is 1.48. The Hall–Kier alpha value is -0.180. The van der Waals surface area contributed by atoms with Crippen LogP contribution in [0.1, 0.15) is 26.2 Å². The molecule has 0 aromatic heterocycles. The molecule has 0 unspecified atom stereocenters. The molecule has 1 fully saturated rings. The summed E-state index contributed by atoms with van der Waals surface area (Å²) >= 11 is 0. The summed E-state index contributed by atoms with van der Waals surface area (Å²) in [4.78, 5) is 0. The molecule has 0 aromatic carbocycles. The van der Waals surface area contributed by atoms with Crippen LogP contribution in [0.4, 0.5) is 8.78 Å². The largest absolute Gasteiger partial charge is 0.396 e. The number of aliphatic hydroxyl groups excluding tert-OH is 1. The second-order valence-corrected chi connectivity index (χ2v) is 3.49. The number of alkyl halides is 2. The summed E-state index contributed by atoms with van der Waals surface area (Å²) in [6.07, 6.45) is 1.15. The van der Waals surface area contributed by atoms with Crippen molar-refractivity contribution < 1.29 is 13.9 Å². The zero-order valence-electron chi connectivity index (χ0n) is 6.69. The van der Waals surface area contributed by atoms with Crippen molar-refractivity contribution in [3.8, 4) is 0 Å². The minimum absolute atomic E-state index is 0.0949. The quantitative estimate of drug-likeness (QED) is 0.628. The van der Waals surface area contributed by atoms with E-state index in [4.69, 9.17) is 5.11 Å². The van der Waals surface area contributed by atoms with Crippen molar-refractivity contribution in [2.75, 3.05) is 6.61 Å². The van der Waals surface area contributed by atoms with Crippen LogP contribution in [0.15, 0.2) is 0 Å². The highest BCUT2D eigenvalue weighted by Crippen LogP contribution is 2.40. The highest BCUT2D eigenvalue weighted by molar-refractivity contribution is 4.83. The van der Waals surface area contributed by atoms with Gasteiger partial charge in [0.05, 0.1) is 0 Å². The Bertz CT molecular complexity index is 136. The lowest BCUT2D eigenvalue weighted by molar-refractivity contribution is -0.101. The molecule has 0 aromatic rings. The van der Waals surface area contributed by atoms with Gasteiger partial charge >= 0.3 is 0 Å². The van der Waals surface area contributed by atoms with E-state index in [0.29, 0.717) is 6.42 Å². The zero-order valence-corrected chi connectivity index (χ0v) is 6.69. The van der Waals surface area contributed by atoms with Crippen molar-refractivity contribution in [2.24, 2.45) is 11.8 Å². The molecule has 1 rings (SSSR count). The fourth-order valence-electron chi connectivity index (χ4n) is 1.54. The first-order valence-corrected chi connectivity index (χ1v) is 4.05. The fraction of sp³-hybridized carbons (Fsp3) is 1.00. The molecule has 1 nitrogen and oxygen atoms in total. The van der Waals surface area contributed by atoms with E-state index in [9.17, 15) is 8.78 Å². The van der Waals surface area contributed by atoms with Gasteiger partial charge in [-0.15, -0.1) is 0 Å². The van der Waals surface area contributed by atoms with Crippen molar-refractivity contribution in [1.29, 1.82) is 0 Å². The van der Waals surface area contributed by atoms with E-state index >= 15 is 0 Å². The van der Waals surface area contributed by atoms with E-state index < -0.39 is 11.8 Å². The molecule has 0 bridgehead atoms. The third-order valence-corrected chi connectivity index (χ3v) is 2.55. The van der Waals surface area contributed by atoms with E-state index in [1.807, 2.05) is 0 Å². The standard InChI is InChI=1S/C8H14F2O/c1-6-2-3-7(5-11)4-8(6,9)10/h6-7,11H,2-5H2,1H3/t6-,7-/m0/s1. The maximum atomic E-state index is 12.9. The van der Waals surface area contributed by atoms with Crippen LogP contribution in [0.25, 0.3) is 0 Å². The zero-order chi connectivity index (χ0) is 8.48. The average Bonchev–Trinajstić information content (AvgIpc) is 1.95. The summed E-state index contributed by atoms with van der Waals surface area (Å²) < 4.78 is 25.8. The SMILES string of the molecule is C[C@H]1CC[C@H](CO)CC1(F)F. The predicted octanol–water partition coefficient (Wildman–Crippen LogP) is 2.05. The minimum Gasteiger partial charge on any atom is -0.396 e. The van der Waals surface area contributed by atoms with Gasteiger partial charge in [0.15, 0.2) is 0 Å². The molecule has 1 aliphatic rings. The van der Waals surface area contributed by atoms with E-state index in [0.717, 1.165) is 6.42 Å². The van der Waals surface area contributed by atoms with E-state index in [1.54, 1.807) is 6.92 Å². The Morgan fingerprint density at radius 2 is 2.09 bits per heavy atom. The number of hydrogen-bond donors (Lipinski definition) is 1. The summed E-state index contributed by atoms with van der Waals surface area (Å²) in [5.74, 6) is -3.24. The van der Waals surface area contributed by atoms with E-state index in [-0.39, 0.29) is 18.9 Å². The molecule has 66 valence electrons. The van der Waals surface area contributed by atoms with E-state index in [2.05, 4.69) is 0 Å². The highest BCUT2D eigenvalue weighted by Gasteiger charge is 2.41. The van der Waals surface area contributed by atoms with Gasteiger partial charge in [0.25, 0.3) is 5.92 Å². The Labute approximate surface area is 65.4 Å². The molecule has 11 heavy (non-hydrogen) atoms. The first-order chi connectivity index (χ1) is 5.06. The summed E-state index contributed by atoms with van der Waals surface area (Å²) in [6, 6.07) is 0. The van der Waals surface area contributed by atoms with Gasteiger partial charge in [0.1, 0.15) is 0 Å². The topological polar surface area (TPSA) is 20.2 Å². The molecule has 0 saturated heterocycles. The monoisotopic (exact) mass is 164 g/mol. The van der Waals surface area contributed by atoms with Gasteiger partial charge in [-0.05, 0) is 18.8 Å². The normalized spacial score (nSPS) is 37.1. The first kappa shape index (κ1) is 8.91. The number of halogens is 2. The summed E-state index contributed by atoms with van der Waals surface area (Å²) in [5.41, 5.74) is 0. The summed E-state index contributed by atoms with van der Waals surface area (Å²) in [5, 5.41) is 8.68. The van der Waals surface area contributed by atoms with Crippen LogP contribution in [0.2, 0.25) is 0 Å². The van der Waals surface area contributed by atoms with Crippen LogP contribution >= 0.6 is 0 Å². The third kappa shape index (κ3) is 1.89. The lowest BCUT2D eigenvalue weighted by Gasteiger charge is -2.33. The molecule has 1 saturated carbocycles. The molecule has 0 amide bonds. The number of aliphatic hydroxyl groups is 1. The van der Waals surface area contributed by atoms with Crippen LogP contribution in [0, 0.1) is 11.8 Å². The number of hydrogen-bond acceptors (Lipinski definition) is 1. The lowest BCUT2D eigenvalue weighted by atomic mass is 9.80. The average molecular weight is 164 g/mol. The molecular weight excluding hydrogens is 150 g/mol. The molecule has 1 N–H and O–H groups in total. The maximum absolute atomic E-state index is 12.9. The fourth-order valence-corrected chi connectivity index (χ4v) is 1.54. The van der Waals surface area contributed by atoms with Gasteiger partial charge in [-0.2, -0.15) is 0 Å². The van der Waals surface area contributed by atoms with Gasteiger partial charge in [-0.25, -0.2) is 8.78 Å². The second-order valence-electron chi connectivity index (χ2n) is 3.49. The smallest absolute Gasteiger partial charge is 0.251 e. The molecule has 0 radical (unpaired) electrons. The lowest BCUT2D eigenvalue weighted by Crippen LogP contribution is -2.35. The minimum atomic E-state index is -2.55. The van der Waals surface area contributed by atoms with Crippen LogP contribution in [-0.4, -0.2) is 17.6 Å². The van der Waals surface area contributed by atoms with Gasteiger partial charge < -0.3 is 5.11 Å². The van der Waals surface area contributed by atoms with Crippen LogP contribution in [0.5, 0.6) is 0 Å². The van der Waals surface area contributed by atoms with Crippen molar-refractivity contribution >= 4 is 0 Å². The van der Waals surface area contributed by atoms with Gasteiger partial charge in [0.2, 0.25) is 0 Å². The van der Waals surface area contributed by atoms with Crippen molar-refractivity contribution in [3.05, 3.63) is 0 Å². The molecule has 0 heterocycles. The Kier molecular flexibility index (Phi) is 2.47. The first-order valence-electron chi connectivity index (χ1n) is 4.05. The van der Waals surface area contributed by atoms with Crippen LogP contribution < -0.4 is 0 Å². The predicted molar refractivity (Wildman–Crippen MR) is 38.5 cm³/mol. The van der Waals surface area contributed by atoms with Crippen molar-refractivity contribution in [2.45, 2.75) is 32.1 Å². The van der Waals surface area contributed by atoms with Gasteiger partial charge in [0, 0.05) is 18.9 Å². The Balaban J connectivity index is 2.52. The highest BCUT2D eigenvalue weighted by atomic mass is 19.3. The van der Waals surface area contributed by atoms with Gasteiger partial charge in [-0.3, -0.25) is 0 Å².